The number of halogens is 1. The minimum atomic E-state index is -0.151. The van der Waals surface area contributed by atoms with E-state index in [4.69, 9.17) is 5.73 Å². The topological polar surface area (TPSA) is 29.3 Å². The minimum absolute atomic E-state index is 0.151. The molecule has 1 aliphatic heterocycles. The van der Waals surface area contributed by atoms with Crippen molar-refractivity contribution in [2.24, 2.45) is 5.73 Å². The molecule has 0 radical (unpaired) electrons. The van der Waals surface area contributed by atoms with Crippen LogP contribution in [0.4, 0.5) is 10.1 Å². The standard InChI is InChI=1S/C11H15FN2S/c12-9-2-3-10-11(8-9)15-7-6-14(10)5-1-4-13/h2-3,8H,1,4-7,13H2. The first-order valence-corrected chi connectivity index (χ1v) is 6.17. The summed E-state index contributed by atoms with van der Waals surface area (Å²) in [4.78, 5) is 3.34. The van der Waals surface area contributed by atoms with Gasteiger partial charge < -0.3 is 10.6 Å². The molecule has 0 saturated carbocycles. The van der Waals surface area contributed by atoms with Crippen LogP contribution in [0, 0.1) is 5.82 Å². The predicted octanol–water partition coefficient (Wildman–Crippen LogP) is 2.09. The molecule has 2 N–H and O–H groups in total. The van der Waals surface area contributed by atoms with E-state index in [0.29, 0.717) is 6.54 Å². The smallest absolute Gasteiger partial charge is 0.124 e. The fraction of sp³-hybridized carbons (Fsp3) is 0.455. The molecule has 82 valence electrons. The molecule has 0 spiro atoms. The SMILES string of the molecule is NCCCN1CCSc2cc(F)ccc21. The molecule has 1 heterocycles. The van der Waals surface area contributed by atoms with E-state index in [1.54, 1.807) is 17.8 Å². The zero-order chi connectivity index (χ0) is 10.7. The number of anilines is 1. The van der Waals surface area contributed by atoms with Crippen LogP contribution in [0.15, 0.2) is 23.1 Å². The first-order valence-electron chi connectivity index (χ1n) is 5.18. The molecule has 2 rings (SSSR count). The van der Waals surface area contributed by atoms with E-state index < -0.39 is 0 Å². The van der Waals surface area contributed by atoms with Crippen LogP contribution in [0.5, 0.6) is 0 Å². The van der Waals surface area contributed by atoms with Crippen molar-refractivity contribution in [2.75, 3.05) is 30.3 Å². The lowest BCUT2D eigenvalue weighted by molar-refractivity contribution is 0.622. The number of nitrogens with two attached hydrogens (primary N) is 1. The number of nitrogens with zero attached hydrogens (tertiary/aromatic N) is 1. The highest BCUT2D eigenvalue weighted by Crippen LogP contribution is 2.34. The van der Waals surface area contributed by atoms with Crippen molar-refractivity contribution in [3.63, 3.8) is 0 Å². The minimum Gasteiger partial charge on any atom is -0.370 e. The van der Waals surface area contributed by atoms with Crippen LogP contribution in [0.1, 0.15) is 6.42 Å². The van der Waals surface area contributed by atoms with Crippen molar-refractivity contribution >= 4 is 17.4 Å². The van der Waals surface area contributed by atoms with E-state index in [9.17, 15) is 4.39 Å². The van der Waals surface area contributed by atoms with Gasteiger partial charge in [-0.05, 0) is 31.2 Å². The maximum atomic E-state index is 13.0. The zero-order valence-electron chi connectivity index (χ0n) is 8.58. The summed E-state index contributed by atoms with van der Waals surface area (Å²) in [6.07, 6.45) is 0.988. The van der Waals surface area contributed by atoms with Gasteiger partial charge in [0, 0.05) is 23.7 Å². The molecule has 0 bridgehead atoms. The van der Waals surface area contributed by atoms with Crippen LogP contribution < -0.4 is 10.6 Å². The van der Waals surface area contributed by atoms with Gasteiger partial charge in [-0.3, -0.25) is 0 Å². The van der Waals surface area contributed by atoms with E-state index in [1.807, 2.05) is 6.07 Å². The number of hydrogen-bond donors (Lipinski definition) is 1. The predicted molar refractivity (Wildman–Crippen MR) is 63.0 cm³/mol. The fourth-order valence-corrected chi connectivity index (χ4v) is 2.84. The third-order valence-corrected chi connectivity index (χ3v) is 3.54. The van der Waals surface area contributed by atoms with Gasteiger partial charge in [0.15, 0.2) is 0 Å². The van der Waals surface area contributed by atoms with Gasteiger partial charge >= 0.3 is 0 Å². The summed E-state index contributed by atoms with van der Waals surface area (Å²) in [7, 11) is 0. The normalized spacial score (nSPS) is 15.2. The maximum Gasteiger partial charge on any atom is 0.124 e. The lowest BCUT2D eigenvalue weighted by atomic mass is 10.2. The number of thioether (sulfide) groups is 1. The summed E-state index contributed by atoms with van der Waals surface area (Å²) < 4.78 is 13.0. The molecule has 0 fully saturated rings. The van der Waals surface area contributed by atoms with Crippen molar-refractivity contribution in [1.82, 2.24) is 0 Å². The molecule has 0 amide bonds. The Kier molecular flexibility index (Phi) is 3.49. The van der Waals surface area contributed by atoms with Gasteiger partial charge in [0.1, 0.15) is 5.82 Å². The molecule has 0 aliphatic carbocycles. The van der Waals surface area contributed by atoms with E-state index >= 15 is 0 Å². The molecule has 1 aromatic rings. The Balaban J connectivity index is 2.18. The molecule has 0 saturated heterocycles. The monoisotopic (exact) mass is 226 g/mol. The quantitative estimate of drug-likeness (QED) is 0.855. The number of benzene rings is 1. The van der Waals surface area contributed by atoms with Gasteiger partial charge in [0.25, 0.3) is 0 Å². The lowest BCUT2D eigenvalue weighted by Gasteiger charge is -2.30. The van der Waals surface area contributed by atoms with Crippen LogP contribution in [-0.2, 0) is 0 Å². The van der Waals surface area contributed by atoms with Crippen LogP contribution in [0.2, 0.25) is 0 Å². The van der Waals surface area contributed by atoms with Crippen LogP contribution in [-0.4, -0.2) is 25.4 Å². The van der Waals surface area contributed by atoms with Gasteiger partial charge in [-0.15, -0.1) is 11.8 Å². The van der Waals surface area contributed by atoms with E-state index in [1.165, 1.54) is 6.07 Å². The third kappa shape index (κ3) is 2.44. The van der Waals surface area contributed by atoms with Gasteiger partial charge in [-0.2, -0.15) is 0 Å². The summed E-state index contributed by atoms with van der Waals surface area (Å²) in [5.41, 5.74) is 6.65. The number of hydrogen-bond acceptors (Lipinski definition) is 3. The van der Waals surface area contributed by atoms with Crippen molar-refractivity contribution in [3.8, 4) is 0 Å². The summed E-state index contributed by atoms with van der Waals surface area (Å²) >= 11 is 1.73. The molecule has 4 heteroatoms. The second kappa shape index (κ2) is 4.86. The Morgan fingerprint density at radius 1 is 1.47 bits per heavy atom. The Hall–Kier alpha value is -0.740. The van der Waals surface area contributed by atoms with Crippen LogP contribution in [0.25, 0.3) is 0 Å². The summed E-state index contributed by atoms with van der Waals surface area (Å²) in [6, 6.07) is 5.02. The molecule has 1 aliphatic rings. The highest BCUT2D eigenvalue weighted by atomic mass is 32.2. The van der Waals surface area contributed by atoms with Crippen LogP contribution in [0.3, 0.4) is 0 Å². The van der Waals surface area contributed by atoms with Gasteiger partial charge in [0.2, 0.25) is 0 Å². The maximum absolute atomic E-state index is 13.0. The molecule has 1 aromatic carbocycles. The highest BCUT2D eigenvalue weighted by molar-refractivity contribution is 7.99. The summed E-state index contributed by atoms with van der Waals surface area (Å²) in [6.45, 7) is 2.71. The molecule has 0 aromatic heterocycles. The second-order valence-corrected chi connectivity index (χ2v) is 4.73. The van der Waals surface area contributed by atoms with Crippen molar-refractivity contribution < 1.29 is 4.39 Å². The van der Waals surface area contributed by atoms with Crippen molar-refractivity contribution in [3.05, 3.63) is 24.0 Å². The summed E-state index contributed by atoms with van der Waals surface area (Å²) in [5, 5.41) is 0. The second-order valence-electron chi connectivity index (χ2n) is 3.59. The number of fused-ring (bicyclic) bond motifs is 1. The lowest BCUT2D eigenvalue weighted by Crippen LogP contribution is -2.31. The van der Waals surface area contributed by atoms with Gasteiger partial charge in [-0.25, -0.2) is 4.39 Å². The molecule has 0 atom stereocenters. The molecule has 0 unspecified atom stereocenters. The average Bonchev–Trinajstić information content (AvgIpc) is 2.25. The molecule has 15 heavy (non-hydrogen) atoms. The molecular formula is C11H15FN2S. The largest absolute Gasteiger partial charge is 0.370 e. The molecular weight excluding hydrogens is 211 g/mol. The Labute approximate surface area is 93.6 Å². The first-order chi connectivity index (χ1) is 7.31. The molecule has 2 nitrogen and oxygen atoms in total. The van der Waals surface area contributed by atoms with E-state index in [2.05, 4.69) is 4.90 Å². The average molecular weight is 226 g/mol. The number of rotatable bonds is 3. The Morgan fingerprint density at radius 2 is 2.33 bits per heavy atom. The van der Waals surface area contributed by atoms with Crippen molar-refractivity contribution in [1.29, 1.82) is 0 Å². The first kappa shape index (κ1) is 10.8. The van der Waals surface area contributed by atoms with Crippen molar-refractivity contribution in [2.45, 2.75) is 11.3 Å². The highest BCUT2D eigenvalue weighted by Gasteiger charge is 2.16. The van der Waals surface area contributed by atoms with Gasteiger partial charge in [0.05, 0.1) is 5.69 Å². The van der Waals surface area contributed by atoms with Gasteiger partial charge in [-0.1, -0.05) is 0 Å². The Bertz CT molecular complexity index is 343. The summed E-state index contributed by atoms with van der Waals surface area (Å²) in [5.74, 6) is 0.878. The van der Waals surface area contributed by atoms with E-state index in [-0.39, 0.29) is 5.82 Å². The van der Waals surface area contributed by atoms with E-state index in [0.717, 1.165) is 35.8 Å². The van der Waals surface area contributed by atoms with Crippen LogP contribution >= 0.6 is 11.8 Å². The zero-order valence-corrected chi connectivity index (χ0v) is 9.39. The fourth-order valence-electron chi connectivity index (χ4n) is 1.77. The third-order valence-electron chi connectivity index (χ3n) is 2.51. The Morgan fingerprint density at radius 3 is 3.13 bits per heavy atom.